The molecule has 0 bridgehead atoms. The predicted octanol–water partition coefficient (Wildman–Crippen LogP) is 5.90. The molecule has 0 spiro atoms. The van der Waals surface area contributed by atoms with Gasteiger partial charge >= 0.3 is 0 Å². The number of hydrogen-bond donors (Lipinski definition) is 1. The Bertz CT molecular complexity index is 1900. The van der Waals surface area contributed by atoms with Crippen LogP contribution < -0.4 is 4.90 Å². The summed E-state index contributed by atoms with van der Waals surface area (Å²) < 4.78 is 0.169. The lowest BCUT2D eigenvalue weighted by Gasteiger charge is -2.42. The Labute approximate surface area is 261 Å². The van der Waals surface area contributed by atoms with Crippen molar-refractivity contribution in [1.29, 1.82) is 0 Å². The van der Waals surface area contributed by atoms with Crippen LogP contribution in [0.3, 0.4) is 0 Å². The van der Waals surface area contributed by atoms with Crippen LogP contribution in [0.25, 0.3) is 0 Å². The third kappa shape index (κ3) is 4.27. The summed E-state index contributed by atoms with van der Waals surface area (Å²) in [7, 11) is 0. The molecule has 0 radical (unpaired) electrons. The number of aryl methyl sites for hydroxylation is 1. The zero-order valence-corrected chi connectivity index (χ0v) is 25.2. The first-order valence-corrected chi connectivity index (χ1v) is 15.2. The Kier molecular flexibility index (Phi) is 6.70. The van der Waals surface area contributed by atoms with Crippen molar-refractivity contribution in [2.24, 2.45) is 17.8 Å². The topological polar surface area (TPSA) is 109 Å². The van der Waals surface area contributed by atoms with Crippen LogP contribution in [0.15, 0.2) is 106 Å². The molecule has 0 unspecified atom stereocenters. The van der Waals surface area contributed by atoms with Gasteiger partial charge in [-0.2, -0.15) is 0 Å². The summed E-state index contributed by atoms with van der Waals surface area (Å²) in [5.74, 6) is -3.67. The number of Topliss-reactive ketones (excluding diaryl/α,β-unsaturated/α-hetero) is 1. The standard InChI is InChI=1S/C36H26BrNO6/c1-18-15-21(9-14-28(18)39)30-23-12-13-24-31(25(23)16-26-32(30)29(40)17-27(37)34(26)42)36(44)38(35(24)43)22-10-7-20(8-11-22)33(41)19-5-3-2-4-6-19/h2-12,14-15,17,24-25,30-31,39H,13,16H2,1H3/t24-,25+,30-,31-/m0/s1. The first-order chi connectivity index (χ1) is 21.2. The summed E-state index contributed by atoms with van der Waals surface area (Å²) in [5, 5.41) is 10.2. The highest BCUT2D eigenvalue weighted by atomic mass is 79.9. The van der Waals surface area contributed by atoms with E-state index in [1.165, 1.54) is 11.0 Å². The van der Waals surface area contributed by atoms with E-state index in [4.69, 9.17) is 0 Å². The van der Waals surface area contributed by atoms with Crippen LogP contribution in [-0.4, -0.2) is 34.3 Å². The SMILES string of the molecule is Cc1cc([C@H]2C3=CC[C@@H]4C(=O)N(c5ccc(C(=O)c6ccccc6)cc5)C(=O)[C@@H]4[C@@H]3CC3=C2C(=O)C=C(Br)C3=O)ccc1O. The summed E-state index contributed by atoms with van der Waals surface area (Å²) >= 11 is 3.25. The number of fused-ring (bicyclic) bond motifs is 3. The molecule has 0 aromatic heterocycles. The number of carbonyl (C=O) groups is 5. The van der Waals surface area contributed by atoms with E-state index in [0.717, 1.165) is 11.1 Å². The first-order valence-electron chi connectivity index (χ1n) is 14.4. The molecule has 1 heterocycles. The van der Waals surface area contributed by atoms with Gasteiger partial charge in [0.25, 0.3) is 0 Å². The highest BCUT2D eigenvalue weighted by Crippen LogP contribution is 2.55. The number of aromatic hydroxyl groups is 1. The van der Waals surface area contributed by atoms with E-state index in [1.54, 1.807) is 73.7 Å². The second kappa shape index (κ2) is 10.5. The van der Waals surface area contributed by atoms with Crippen molar-refractivity contribution in [3.05, 3.63) is 128 Å². The predicted molar refractivity (Wildman–Crippen MR) is 166 cm³/mol. The van der Waals surface area contributed by atoms with Crippen LogP contribution >= 0.6 is 15.9 Å². The molecular formula is C36H26BrNO6. The van der Waals surface area contributed by atoms with E-state index >= 15 is 0 Å². The average Bonchev–Trinajstić information content (AvgIpc) is 3.29. The third-order valence-electron chi connectivity index (χ3n) is 9.31. The van der Waals surface area contributed by atoms with Gasteiger partial charge in [-0.05, 0) is 83.1 Å². The number of carbonyl (C=O) groups excluding carboxylic acids is 5. The van der Waals surface area contributed by atoms with Gasteiger partial charge < -0.3 is 5.11 Å². The average molecular weight is 649 g/mol. The Morgan fingerprint density at radius 2 is 1.59 bits per heavy atom. The van der Waals surface area contributed by atoms with Crippen LogP contribution in [0.1, 0.15) is 45.8 Å². The molecule has 8 heteroatoms. The summed E-state index contributed by atoms with van der Waals surface area (Å²) in [6.45, 7) is 1.76. The number of anilines is 1. The second-order valence-corrected chi connectivity index (χ2v) is 12.5. The smallest absolute Gasteiger partial charge is 0.238 e. The van der Waals surface area contributed by atoms with Gasteiger partial charge in [-0.3, -0.25) is 28.9 Å². The normalized spacial score (nSPS) is 24.5. The highest BCUT2D eigenvalue weighted by molar-refractivity contribution is 9.12. The van der Waals surface area contributed by atoms with Crippen LogP contribution in [0, 0.1) is 24.7 Å². The summed E-state index contributed by atoms with van der Waals surface area (Å²) in [6, 6.07) is 20.5. The van der Waals surface area contributed by atoms with Gasteiger partial charge in [-0.1, -0.05) is 54.1 Å². The molecule has 44 heavy (non-hydrogen) atoms. The van der Waals surface area contributed by atoms with E-state index in [9.17, 15) is 29.1 Å². The molecule has 1 fully saturated rings. The fourth-order valence-corrected chi connectivity index (χ4v) is 7.66. The minimum atomic E-state index is -0.713. The molecule has 3 aromatic carbocycles. The zero-order chi connectivity index (χ0) is 30.9. The molecule has 7 rings (SSSR count). The van der Waals surface area contributed by atoms with Crippen LogP contribution in [0.2, 0.25) is 0 Å². The number of hydrogen-bond acceptors (Lipinski definition) is 6. The molecule has 2 amide bonds. The van der Waals surface area contributed by atoms with Crippen molar-refractivity contribution in [1.82, 2.24) is 0 Å². The monoisotopic (exact) mass is 647 g/mol. The van der Waals surface area contributed by atoms with Gasteiger partial charge in [-0.25, -0.2) is 0 Å². The number of halogens is 1. The maximum absolute atomic E-state index is 14.1. The zero-order valence-electron chi connectivity index (χ0n) is 23.6. The molecule has 1 saturated heterocycles. The number of allylic oxidation sites excluding steroid dienone is 6. The Hall–Kier alpha value is -4.69. The summed E-state index contributed by atoms with van der Waals surface area (Å²) in [4.78, 5) is 68.9. The quantitative estimate of drug-likeness (QED) is 0.164. The third-order valence-corrected chi connectivity index (χ3v) is 9.90. The van der Waals surface area contributed by atoms with E-state index in [0.29, 0.717) is 39.9 Å². The van der Waals surface area contributed by atoms with Crippen molar-refractivity contribution in [2.45, 2.75) is 25.7 Å². The molecule has 218 valence electrons. The lowest BCUT2D eigenvalue weighted by atomic mass is 9.59. The molecular weight excluding hydrogens is 622 g/mol. The molecule has 3 aromatic rings. The molecule has 1 N–H and O–H groups in total. The van der Waals surface area contributed by atoms with Crippen LogP contribution in [-0.2, 0) is 19.2 Å². The first kappa shape index (κ1) is 28.1. The molecule has 3 aliphatic carbocycles. The van der Waals surface area contributed by atoms with Gasteiger partial charge in [0.05, 0.1) is 22.0 Å². The second-order valence-electron chi connectivity index (χ2n) is 11.7. The highest BCUT2D eigenvalue weighted by Gasteiger charge is 2.56. The minimum Gasteiger partial charge on any atom is -0.508 e. The number of phenolic OH excluding ortho intramolecular Hbond substituents is 1. The van der Waals surface area contributed by atoms with E-state index in [1.807, 2.05) is 12.1 Å². The molecule has 7 nitrogen and oxygen atoms in total. The van der Waals surface area contributed by atoms with Crippen molar-refractivity contribution in [3.63, 3.8) is 0 Å². The number of imide groups is 1. The lowest BCUT2D eigenvalue weighted by Crippen LogP contribution is -2.39. The number of nitrogens with zero attached hydrogens (tertiary/aromatic N) is 1. The van der Waals surface area contributed by atoms with Gasteiger partial charge in [0.1, 0.15) is 5.75 Å². The minimum absolute atomic E-state index is 0.116. The van der Waals surface area contributed by atoms with Crippen LogP contribution in [0.4, 0.5) is 5.69 Å². The number of rotatable bonds is 4. The summed E-state index contributed by atoms with van der Waals surface area (Å²) in [5.41, 5.74) is 4.31. The van der Waals surface area contributed by atoms with Gasteiger partial charge in [0.15, 0.2) is 17.3 Å². The maximum Gasteiger partial charge on any atom is 0.238 e. The number of benzene rings is 3. The van der Waals surface area contributed by atoms with E-state index in [2.05, 4.69) is 15.9 Å². The largest absolute Gasteiger partial charge is 0.508 e. The van der Waals surface area contributed by atoms with Crippen molar-refractivity contribution in [2.75, 3.05) is 4.90 Å². The Morgan fingerprint density at radius 1 is 0.886 bits per heavy atom. The van der Waals surface area contributed by atoms with Crippen molar-refractivity contribution >= 4 is 50.8 Å². The Balaban J connectivity index is 1.26. The summed E-state index contributed by atoms with van der Waals surface area (Å²) in [6.07, 6.45) is 3.75. The number of ketones is 3. The number of phenols is 1. The number of amides is 2. The van der Waals surface area contributed by atoms with Gasteiger partial charge in [0, 0.05) is 34.3 Å². The molecule has 4 aliphatic rings. The van der Waals surface area contributed by atoms with Crippen molar-refractivity contribution in [3.8, 4) is 5.75 Å². The van der Waals surface area contributed by atoms with Gasteiger partial charge in [-0.15, -0.1) is 0 Å². The fraction of sp³-hybridized carbons (Fsp3) is 0.194. The van der Waals surface area contributed by atoms with E-state index < -0.39 is 23.7 Å². The molecule has 4 atom stereocenters. The van der Waals surface area contributed by atoms with Crippen molar-refractivity contribution < 1.29 is 29.1 Å². The molecule has 0 saturated carbocycles. The fourth-order valence-electron chi connectivity index (χ4n) is 7.22. The molecule has 1 aliphatic heterocycles. The van der Waals surface area contributed by atoms with Gasteiger partial charge in [0.2, 0.25) is 11.8 Å². The maximum atomic E-state index is 14.1. The Morgan fingerprint density at radius 3 is 2.30 bits per heavy atom. The lowest BCUT2D eigenvalue weighted by molar-refractivity contribution is -0.123. The van der Waals surface area contributed by atoms with E-state index in [-0.39, 0.29) is 45.8 Å². The van der Waals surface area contributed by atoms with Crippen LogP contribution in [0.5, 0.6) is 5.75 Å².